The van der Waals surface area contributed by atoms with Crippen LogP contribution in [-0.2, 0) is 17.8 Å². The van der Waals surface area contributed by atoms with Crippen molar-refractivity contribution < 1.29 is 4.79 Å². The van der Waals surface area contributed by atoms with Crippen molar-refractivity contribution in [2.45, 2.75) is 13.0 Å². The van der Waals surface area contributed by atoms with Crippen LogP contribution >= 0.6 is 0 Å². The third-order valence-electron chi connectivity index (χ3n) is 3.54. The maximum Gasteiger partial charge on any atom is 0.221 e. The van der Waals surface area contributed by atoms with Crippen LogP contribution in [0.4, 0.5) is 0 Å². The number of nitrogens with one attached hydrogen (secondary N) is 1. The van der Waals surface area contributed by atoms with Gasteiger partial charge in [0.25, 0.3) is 0 Å². The molecule has 1 aromatic heterocycles. The van der Waals surface area contributed by atoms with Gasteiger partial charge in [-0.1, -0.05) is 24.3 Å². The molecule has 4 nitrogen and oxygen atoms in total. The van der Waals surface area contributed by atoms with Gasteiger partial charge in [0.1, 0.15) is 0 Å². The van der Waals surface area contributed by atoms with Gasteiger partial charge in [-0.15, -0.1) is 0 Å². The second-order valence-electron chi connectivity index (χ2n) is 5.15. The molecule has 2 aromatic carbocycles. The highest BCUT2D eigenvalue weighted by Crippen LogP contribution is 2.25. The number of H-pyrrole nitrogens is 1. The third kappa shape index (κ3) is 2.80. The number of hydrogen-bond donors (Lipinski definition) is 3. The molecule has 0 unspecified atom stereocenters. The van der Waals surface area contributed by atoms with E-state index in [0.717, 1.165) is 33.3 Å². The van der Waals surface area contributed by atoms with Crippen molar-refractivity contribution in [1.29, 1.82) is 0 Å². The molecule has 0 spiro atoms. The number of aromatic amines is 1. The van der Waals surface area contributed by atoms with Crippen molar-refractivity contribution in [2.24, 2.45) is 11.5 Å². The molecule has 0 bridgehead atoms. The van der Waals surface area contributed by atoms with Gasteiger partial charge in [0.2, 0.25) is 5.91 Å². The minimum absolute atomic E-state index is 0.255. The van der Waals surface area contributed by atoms with Crippen LogP contribution < -0.4 is 11.5 Å². The van der Waals surface area contributed by atoms with Crippen molar-refractivity contribution >= 4 is 16.8 Å². The SMILES string of the molecule is NCc1ccc2[nH]c(-c3cccc(CC(N)=O)c3)cc2c1. The molecular formula is C17H17N3O. The Balaban J connectivity index is 2.01. The van der Waals surface area contributed by atoms with Gasteiger partial charge >= 0.3 is 0 Å². The van der Waals surface area contributed by atoms with Crippen molar-refractivity contribution in [3.8, 4) is 11.3 Å². The van der Waals surface area contributed by atoms with Gasteiger partial charge in [0, 0.05) is 23.1 Å². The van der Waals surface area contributed by atoms with E-state index in [-0.39, 0.29) is 12.3 Å². The minimum Gasteiger partial charge on any atom is -0.369 e. The number of nitrogens with two attached hydrogens (primary N) is 2. The summed E-state index contributed by atoms with van der Waals surface area (Å²) in [6, 6.07) is 16.1. The molecule has 0 radical (unpaired) electrons. The Labute approximate surface area is 122 Å². The monoisotopic (exact) mass is 279 g/mol. The Hall–Kier alpha value is -2.59. The summed E-state index contributed by atoms with van der Waals surface area (Å²) in [6.45, 7) is 0.532. The standard InChI is InChI=1S/C17H17N3O/c18-10-12-4-5-15-14(7-12)9-16(20-15)13-3-1-2-11(6-13)8-17(19)21/h1-7,9,20H,8,10,18H2,(H2,19,21). The molecule has 0 fully saturated rings. The zero-order valence-electron chi connectivity index (χ0n) is 11.6. The van der Waals surface area contributed by atoms with Crippen LogP contribution in [-0.4, -0.2) is 10.9 Å². The van der Waals surface area contributed by atoms with E-state index in [1.807, 2.05) is 36.4 Å². The molecule has 0 saturated carbocycles. The molecule has 106 valence electrons. The zero-order valence-corrected chi connectivity index (χ0v) is 11.6. The fraction of sp³-hybridized carbons (Fsp3) is 0.118. The van der Waals surface area contributed by atoms with Crippen LogP contribution in [0.5, 0.6) is 0 Å². The molecule has 0 saturated heterocycles. The molecule has 1 amide bonds. The van der Waals surface area contributed by atoms with E-state index < -0.39 is 0 Å². The fourth-order valence-electron chi connectivity index (χ4n) is 2.51. The predicted octanol–water partition coefficient (Wildman–Crippen LogP) is 2.32. The van der Waals surface area contributed by atoms with Gasteiger partial charge in [-0.25, -0.2) is 0 Å². The fourth-order valence-corrected chi connectivity index (χ4v) is 2.51. The van der Waals surface area contributed by atoms with Gasteiger partial charge in [0.15, 0.2) is 0 Å². The second-order valence-corrected chi connectivity index (χ2v) is 5.15. The first kappa shape index (κ1) is 13.4. The summed E-state index contributed by atoms with van der Waals surface area (Å²) in [6.07, 6.45) is 0.255. The van der Waals surface area contributed by atoms with Crippen LogP contribution in [0.15, 0.2) is 48.5 Å². The predicted molar refractivity (Wildman–Crippen MR) is 84.5 cm³/mol. The first-order valence-electron chi connectivity index (χ1n) is 6.85. The van der Waals surface area contributed by atoms with Crippen molar-refractivity contribution in [3.63, 3.8) is 0 Å². The summed E-state index contributed by atoms with van der Waals surface area (Å²) in [5.41, 5.74) is 16.1. The van der Waals surface area contributed by atoms with E-state index in [1.165, 1.54) is 0 Å². The topological polar surface area (TPSA) is 84.9 Å². The highest BCUT2D eigenvalue weighted by molar-refractivity contribution is 5.86. The highest BCUT2D eigenvalue weighted by atomic mass is 16.1. The van der Waals surface area contributed by atoms with Crippen LogP contribution in [0, 0.1) is 0 Å². The molecule has 0 aliphatic carbocycles. The van der Waals surface area contributed by atoms with Crippen LogP contribution in [0.3, 0.4) is 0 Å². The number of hydrogen-bond acceptors (Lipinski definition) is 2. The largest absolute Gasteiger partial charge is 0.369 e. The number of fused-ring (bicyclic) bond motifs is 1. The summed E-state index contributed by atoms with van der Waals surface area (Å²) < 4.78 is 0. The van der Waals surface area contributed by atoms with Crippen LogP contribution in [0.2, 0.25) is 0 Å². The Morgan fingerprint density at radius 1 is 1.05 bits per heavy atom. The first-order valence-corrected chi connectivity index (χ1v) is 6.85. The lowest BCUT2D eigenvalue weighted by molar-refractivity contribution is -0.117. The smallest absolute Gasteiger partial charge is 0.221 e. The van der Waals surface area contributed by atoms with Gasteiger partial charge in [-0.05, 0) is 41.0 Å². The lowest BCUT2D eigenvalue weighted by atomic mass is 10.1. The van der Waals surface area contributed by atoms with Crippen molar-refractivity contribution in [2.75, 3.05) is 0 Å². The average molecular weight is 279 g/mol. The third-order valence-corrected chi connectivity index (χ3v) is 3.54. The highest BCUT2D eigenvalue weighted by Gasteiger charge is 2.06. The normalized spacial score (nSPS) is 10.9. The summed E-state index contributed by atoms with van der Waals surface area (Å²) in [5.74, 6) is -0.323. The Kier molecular flexibility index (Phi) is 3.46. The molecule has 0 aliphatic heterocycles. The molecule has 4 heteroatoms. The van der Waals surface area contributed by atoms with Gasteiger partial charge in [0.05, 0.1) is 6.42 Å². The molecule has 5 N–H and O–H groups in total. The zero-order chi connectivity index (χ0) is 14.8. The molecule has 3 aromatic rings. The Bertz CT molecular complexity index is 805. The maximum atomic E-state index is 11.0. The molecule has 3 rings (SSSR count). The van der Waals surface area contributed by atoms with E-state index in [2.05, 4.69) is 17.1 Å². The van der Waals surface area contributed by atoms with Crippen molar-refractivity contribution in [3.05, 3.63) is 59.7 Å². The first-order chi connectivity index (χ1) is 10.2. The molecule has 0 aliphatic rings. The molecular weight excluding hydrogens is 262 g/mol. The molecule has 0 atom stereocenters. The number of amides is 1. The number of carbonyl (C=O) groups excluding carboxylic acids is 1. The van der Waals surface area contributed by atoms with Gasteiger partial charge in [-0.3, -0.25) is 4.79 Å². The summed E-state index contributed by atoms with van der Waals surface area (Å²) in [5, 5.41) is 1.13. The number of aromatic nitrogens is 1. The number of carbonyl (C=O) groups is 1. The Morgan fingerprint density at radius 2 is 1.90 bits per heavy atom. The van der Waals surface area contributed by atoms with E-state index >= 15 is 0 Å². The second kappa shape index (κ2) is 5.42. The average Bonchev–Trinajstić information content (AvgIpc) is 2.89. The van der Waals surface area contributed by atoms with E-state index in [1.54, 1.807) is 0 Å². The van der Waals surface area contributed by atoms with E-state index in [4.69, 9.17) is 11.5 Å². The molecule has 21 heavy (non-hydrogen) atoms. The van der Waals surface area contributed by atoms with E-state index in [9.17, 15) is 4.79 Å². The minimum atomic E-state index is -0.323. The van der Waals surface area contributed by atoms with Gasteiger partial charge < -0.3 is 16.5 Å². The summed E-state index contributed by atoms with van der Waals surface area (Å²) >= 11 is 0. The number of rotatable bonds is 4. The van der Waals surface area contributed by atoms with Crippen LogP contribution in [0.1, 0.15) is 11.1 Å². The van der Waals surface area contributed by atoms with Crippen molar-refractivity contribution in [1.82, 2.24) is 4.98 Å². The number of benzene rings is 2. The Morgan fingerprint density at radius 3 is 2.67 bits per heavy atom. The molecule has 1 heterocycles. The van der Waals surface area contributed by atoms with Crippen LogP contribution in [0.25, 0.3) is 22.2 Å². The van der Waals surface area contributed by atoms with Gasteiger partial charge in [-0.2, -0.15) is 0 Å². The summed E-state index contributed by atoms with van der Waals surface area (Å²) in [4.78, 5) is 14.4. The maximum absolute atomic E-state index is 11.0. The number of primary amides is 1. The van der Waals surface area contributed by atoms with E-state index in [0.29, 0.717) is 6.54 Å². The summed E-state index contributed by atoms with van der Waals surface area (Å²) in [7, 11) is 0. The lowest BCUT2D eigenvalue weighted by Crippen LogP contribution is -2.13. The lowest BCUT2D eigenvalue weighted by Gasteiger charge is -2.02. The quantitative estimate of drug-likeness (QED) is 0.684.